The Morgan fingerprint density at radius 3 is 2.37 bits per heavy atom. The predicted molar refractivity (Wildman–Crippen MR) is 76.3 cm³/mol. The van der Waals surface area contributed by atoms with Crippen molar-refractivity contribution in [1.82, 2.24) is 0 Å². The predicted octanol–water partition coefficient (Wildman–Crippen LogP) is 3.88. The monoisotopic (exact) mass is 302 g/mol. The summed E-state index contributed by atoms with van der Waals surface area (Å²) in [6.07, 6.45) is 4.76. The number of halogens is 1. The first kappa shape index (κ1) is 14.7. The topological polar surface area (TPSA) is 43.4 Å². The molecule has 0 N–H and O–H groups in total. The highest BCUT2D eigenvalue weighted by Crippen LogP contribution is 2.30. The zero-order chi connectivity index (χ0) is 14.0. The molecule has 0 atom stereocenters. The second-order valence-corrected chi connectivity index (χ2v) is 7.93. The van der Waals surface area contributed by atoms with Crippen LogP contribution in [0.1, 0.15) is 38.2 Å². The fourth-order valence-corrected chi connectivity index (χ4v) is 3.27. The van der Waals surface area contributed by atoms with Gasteiger partial charge in [0.25, 0.3) is 9.05 Å². The number of hydrogen-bond acceptors (Lipinski definition) is 3. The second-order valence-electron chi connectivity index (χ2n) is 5.36. The van der Waals surface area contributed by atoms with Crippen LogP contribution in [0.15, 0.2) is 23.1 Å². The maximum absolute atomic E-state index is 11.2. The van der Waals surface area contributed by atoms with E-state index >= 15 is 0 Å². The lowest BCUT2D eigenvalue weighted by molar-refractivity contribution is 0.134. The standard InChI is InChI=1S/C14H19ClO3S/c1-10-3-5-12(6-4-10)18-14-8-7-13(9-11(14)2)19(15,16)17/h7-10,12H,3-6H2,1-2H3. The van der Waals surface area contributed by atoms with Crippen molar-refractivity contribution in [3.05, 3.63) is 23.8 Å². The number of hydrogen-bond donors (Lipinski definition) is 0. The van der Waals surface area contributed by atoms with Crippen LogP contribution in [-0.2, 0) is 9.05 Å². The van der Waals surface area contributed by atoms with Crippen LogP contribution >= 0.6 is 10.7 Å². The van der Waals surface area contributed by atoms with Crippen molar-refractivity contribution >= 4 is 19.7 Å². The van der Waals surface area contributed by atoms with Gasteiger partial charge >= 0.3 is 0 Å². The summed E-state index contributed by atoms with van der Waals surface area (Å²) < 4.78 is 28.5. The molecule has 2 rings (SSSR count). The smallest absolute Gasteiger partial charge is 0.261 e. The van der Waals surface area contributed by atoms with Crippen molar-refractivity contribution in [2.45, 2.75) is 50.5 Å². The van der Waals surface area contributed by atoms with E-state index in [1.807, 2.05) is 6.92 Å². The summed E-state index contributed by atoms with van der Waals surface area (Å²) in [7, 11) is 1.66. The van der Waals surface area contributed by atoms with Gasteiger partial charge in [0, 0.05) is 10.7 Å². The normalized spacial score (nSPS) is 24.2. The molecule has 0 aromatic heterocycles. The van der Waals surface area contributed by atoms with Crippen LogP contribution in [0.3, 0.4) is 0 Å². The first-order valence-electron chi connectivity index (χ1n) is 6.58. The number of ether oxygens (including phenoxy) is 1. The Kier molecular flexibility index (Phi) is 4.41. The molecule has 0 bridgehead atoms. The van der Waals surface area contributed by atoms with Gasteiger partial charge in [-0.1, -0.05) is 6.92 Å². The zero-order valence-corrected chi connectivity index (χ0v) is 12.8. The summed E-state index contributed by atoms with van der Waals surface area (Å²) in [5, 5.41) is 0. The molecule has 5 heteroatoms. The first-order valence-corrected chi connectivity index (χ1v) is 8.89. The van der Waals surface area contributed by atoms with Gasteiger partial charge in [0.1, 0.15) is 5.75 Å². The highest BCUT2D eigenvalue weighted by atomic mass is 35.7. The highest BCUT2D eigenvalue weighted by Gasteiger charge is 2.20. The van der Waals surface area contributed by atoms with Gasteiger partial charge in [-0.05, 0) is 62.3 Å². The van der Waals surface area contributed by atoms with E-state index < -0.39 is 9.05 Å². The molecule has 0 amide bonds. The molecule has 1 aromatic rings. The Morgan fingerprint density at radius 1 is 1.21 bits per heavy atom. The van der Waals surface area contributed by atoms with Gasteiger partial charge in [-0.25, -0.2) is 8.42 Å². The molecule has 0 aliphatic heterocycles. The van der Waals surface area contributed by atoms with Gasteiger partial charge in [0.05, 0.1) is 11.0 Å². The third-order valence-corrected chi connectivity index (χ3v) is 5.04. The summed E-state index contributed by atoms with van der Waals surface area (Å²) in [5.74, 6) is 1.54. The van der Waals surface area contributed by atoms with Crippen LogP contribution in [0.4, 0.5) is 0 Å². The molecule has 1 aliphatic rings. The average Bonchev–Trinajstić information content (AvgIpc) is 2.33. The second kappa shape index (κ2) is 5.71. The van der Waals surface area contributed by atoms with E-state index in [-0.39, 0.29) is 11.0 Å². The lowest BCUT2D eigenvalue weighted by Crippen LogP contribution is -2.23. The summed E-state index contributed by atoms with van der Waals surface area (Å²) in [6.45, 7) is 4.11. The van der Waals surface area contributed by atoms with Gasteiger partial charge in [-0.2, -0.15) is 0 Å². The lowest BCUT2D eigenvalue weighted by Gasteiger charge is -2.27. The van der Waals surface area contributed by atoms with Gasteiger partial charge in [0.2, 0.25) is 0 Å². The van der Waals surface area contributed by atoms with Crippen molar-refractivity contribution < 1.29 is 13.2 Å². The van der Waals surface area contributed by atoms with Gasteiger partial charge < -0.3 is 4.74 Å². The molecule has 0 unspecified atom stereocenters. The molecule has 106 valence electrons. The minimum absolute atomic E-state index is 0.122. The maximum atomic E-state index is 11.2. The molecule has 1 fully saturated rings. The van der Waals surface area contributed by atoms with E-state index in [0.29, 0.717) is 0 Å². The fourth-order valence-electron chi connectivity index (χ4n) is 2.43. The minimum atomic E-state index is -3.67. The molecule has 1 aliphatic carbocycles. The van der Waals surface area contributed by atoms with E-state index in [0.717, 1.165) is 30.1 Å². The molecule has 1 aromatic carbocycles. The molecule has 0 saturated heterocycles. The summed E-state index contributed by atoms with van der Waals surface area (Å²) >= 11 is 0. The number of aryl methyl sites for hydroxylation is 1. The van der Waals surface area contributed by atoms with Crippen LogP contribution in [0.25, 0.3) is 0 Å². The third-order valence-electron chi connectivity index (χ3n) is 3.68. The molecule has 0 heterocycles. The van der Waals surface area contributed by atoms with E-state index in [9.17, 15) is 8.42 Å². The third kappa shape index (κ3) is 3.86. The molecular formula is C14H19ClO3S. The molecule has 19 heavy (non-hydrogen) atoms. The van der Waals surface area contributed by atoms with Crippen molar-refractivity contribution in [1.29, 1.82) is 0 Å². The van der Waals surface area contributed by atoms with Crippen molar-refractivity contribution in [3.63, 3.8) is 0 Å². The van der Waals surface area contributed by atoms with Crippen LogP contribution in [0.5, 0.6) is 5.75 Å². The minimum Gasteiger partial charge on any atom is -0.490 e. The average molecular weight is 303 g/mol. The van der Waals surface area contributed by atoms with Crippen molar-refractivity contribution in [2.24, 2.45) is 5.92 Å². The molecule has 0 radical (unpaired) electrons. The molecule has 3 nitrogen and oxygen atoms in total. The lowest BCUT2D eigenvalue weighted by atomic mass is 9.89. The fraction of sp³-hybridized carbons (Fsp3) is 0.571. The largest absolute Gasteiger partial charge is 0.490 e. The van der Waals surface area contributed by atoms with Gasteiger partial charge in [0.15, 0.2) is 0 Å². The van der Waals surface area contributed by atoms with Crippen LogP contribution in [-0.4, -0.2) is 14.5 Å². The number of rotatable bonds is 3. The summed E-state index contributed by atoms with van der Waals surface area (Å²) in [5.41, 5.74) is 0.806. The Labute approximate surface area is 119 Å². The van der Waals surface area contributed by atoms with E-state index in [1.165, 1.54) is 18.9 Å². The van der Waals surface area contributed by atoms with Crippen molar-refractivity contribution in [2.75, 3.05) is 0 Å². The Balaban J connectivity index is 2.09. The van der Waals surface area contributed by atoms with Gasteiger partial charge in [-0.3, -0.25) is 0 Å². The van der Waals surface area contributed by atoms with Crippen LogP contribution < -0.4 is 4.74 Å². The van der Waals surface area contributed by atoms with E-state index in [2.05, 4.69) is 6.92 Å². The first-order chi connectivity index (χ1) is 8.86. The van der Waals surface area contributed by atoms with E-state index in [1.54, 1.807) is 12.1 Å². The summed E-state index contributed by atoms with van der Waals surface area (Å²) in [6, 6.07) is 4.75. The quantitative estimate of drug-likeness (QED) is 0.796. The number of benzene rings is 1. The SMILES string of the molecule is Cc1cc(S(=O)(=O)Cl)ccc1OC1CCC(C)CC1. The van der Waals surface area contributed by atoms with Gasteiger partial charge in [-0.15, -0.1) is 0 Å². The Morgan fingerprint density at radius 2 is 1.84 bits per heavy atom. The zero-order valence-electron chi connectivity index (χ0n) is 11.2. The van der Waals surface area contributed by atoms with E-state index in [4.69, 9.17) is 15.4 Å². The highest BCUT2D eigenvalue weighted by molar-refractivity contribution is 8.13. The maximum Gasteiger partial charge on any atom is 0.261 e. The molecule has 1 saturated carbocycles. The Hall–Kier alpha value is -0.740. The molecular weight excluding hydrogens is 284 g/mol. The summed E-state index contributed by atoms with van der Waals surface area (Å²) in [4.78, 5) is 0.122. The van der Waals surface area contributed by atoms with Crippen LogP contribution in [0.2, 0.25) is 0 Å². The Bertz CT molecular complexity index is 546. The van der Waals surface area contributed by atoms with Crippen LogP contribution in [0, 0.1) is 12.8 Å². The van der Waals surface area contributed by atoms with Crippen molar-refractivity contribution in [3.8, 4) is 5.75 Å². The molecule has 0 spiro atoms.